The van der Waals surface area contributed by atoms with E-state index in [0.29, 0.717) is 0 Å². The third-order valence-electron chi connectivity index (χ3n) is 4.07. The second-order valence-electron chi connectivity index (χ2n) is 5.57. The van der Waals surface area contributed by atoms with Crippen molar-refractivity contribution in [2.75, 3.05) is 26.2 Å². The van der Waals surface area contributed by atoms with Crippen LogP contribution in [0.4, 0.5) is 0 Å². The summed E-state index contributed by atoms with van der Waals surface area (Å²) in [5.74, 6) is 1.06. The second kappa shape index (κ2) is 5.87. The zero-order valence-electron chi connectivity index (χ0n) is 12.4. The molecule has 3 aromatic rings. The molecule has 1 aromatic carbocycles. The summed E-state index contributed by atoms with van der Waals surface area (Å²) in [6.07, 6.45) is 1.83. The SMILES string of the molecule is c1ccc(-n2c(CN3CCNCC3)nc3cccnc32)cc1. The average molecular weight is 293 g/mol. The van der Waals surface area contributed by atoms with Crippen LogP contribution in [0.3, 0.4) is 0 Å². The van der Waals surface area contributed by atoms with E-state index < -0.39 is 0 Å². The average Bonchev–Trinajstić information content (AvgIpc) is 2.94. The first-order valence-corrected chi connectivity index (χ1v) is 7.73. The Balaban J connectivity index is 1.79. The predicted octanol–water partition coefficient (Wildman–Crippen LogP) is 1.83. The largest absolute Gasteiger partial charge is 0.314 e. The zero-order valence-corrected chi connectivity index (χ0v) is 12.4. The van der Waals surface area contributed by atoms with Crippen LogP contribution in [0.5, 0.6) is 0 Å². The van der Waals surface area contributed by atoms with Crippen molar-refractivity contribution >= 4 is 11.2 Å². The van der Waals surface area contributed by atoms with Crippen LogP contribution in [0, 0.1) is 0 Å². The molecule has 5 nitrogen and oxygen atoms in total. The van der Waals surface area contributed by atoms with Crippen LogP contribution in [-0.4, -0.2) is 45.6 Å². The van der Waals surface area contributed by atoms with Gasteiger partial charge in [0.05, 0.1) is 6.54 Å². The van der Waals surface area contributed by atoms with Gasteiger partial charge in [-0.1, -0.05) is 18.2 Å². The molecule has 1 aliphatic heterocycles. The van der Waals surface area contributed by atoms with E-state index in [1.807, 2.05) is 24.4 Å². The van der Waals surface area contributed by atoms with Gasteiger partial charge in [0.1, 0.15) is 11.3 Å². The normalized spacial score (nSPS) is 16.2. The van der Waals surface area contributed by atoms with Crippen LogP contribution >= 0.6 is 0 Å². The van der Waals surface area contributed by atoms with E-state index in [1.54, 1.807) is 0 Å². The third-order valence-corrected chi connectivity index (χ3v) is 4.07. The highest BCUT2D eigenvalue weighted by atomic mass is 15.2. The standard InChI is InChI=1S/C17H19N5/c1-2-5-14(6-3-1)22-16(13-21-11-9-18-10-12-21)20-15-7-4-8-19-17(15)22/h1-8,18H,9-13H2. The molecule has 1 N–H and O–H groups in total. The lowest BCUT2D eigenvalue weighted by atomic mass is 10.3. The van der Waals surface area contributed by atoms with Crippen molar-refractivity contribution in [3.05, 3.63) is 54.5 Å². The van der Waals surface area contributed by atoms with Crippen molar-refractivity contribution in [2.24, 2.45) is 0 Å². The van der Waals surface area contributed by atoms with Gasteiger partial charge in [-0.25, -0.2) is 9.97 Å². The maximum Gasteiger partial charge on any atom is 0.164 e. The van der Waals surface area contributed by atoms with E-state index in [9.17, 15) is 0 Å². The van der Waals surface area contributed by atoms with Crippen LogP contribution < -0.4 is 5.32 Å². The molecule has 22 heavy (non-hydrogen) atoms. The minimum Gasteiger partial charge on any atom is -0.314 e. The molecule has 112 valence electrons. The number of aromatic nitrogens is 3. The van der Waals surface area contributed by atoms with E-state index in [1.165, 1.54) is 0 Å². The first kappa shape index (κ1) is 13.4. The van der Waals surface area contributed by atoms with Gasteiger partial charge in [-0.05, 0) is 24.3 Å². The second-order valence-corrected chi connectivity index (χ2v) is 5.57. The van der Waals surface area contributed by atoms with Crippen LogP contribution in [0.2, 0.25) is 0 Å². The number of para-hydroxylation sites is 1. The molecule has 3 heterocycles. The quantitative estimate of drug-likeness (QED) is 0.800. The first-order valence-electron chi connectivity index (χ1n) is 7.73. The molecular formula is C17H19N5. The number of piperazine rings is 1. The lowest BCUT2D eigenvalue weighted by Crippen LogP contribution is -2.43. The Labute approximate surface area is 129 Å². The molecule has 0 amide bonds. The van der Waals surface area contributed by atoms with Gasteiger partial charge in [0.15, 0.2) is 5.65 Å². The highest BCUT2D eigenvalue weighted by Gasteiger charge is 2.17. The molecule has 1 saturated heterocycles. The summed E-state index contributed by atoms with van der Waals surface area (Å²) in [4.78, 5) is 11.8. The van der Waals surface area contributed by atoms with Crippen LogP contribution in [0.15, 0.2) is 48.7 Å². The molecule has 1 fully saturated rings. The Hall–Kier alpha value is -2.24. The molecule has 1 aliphatic rings. The summed E-state index contributed by atoms with van der Waals surface area (Å²) >= 11 is 0. The van der Waals surface area contributed by atoms with Crippen molar-refractivity contribution in [1.82, 2.24) is 24.8 Å². The minimum atomic E-state index is 0.854. The highest BCUT2D eigenvalue weighted by Crippen LogP contribution is 2.20. The monoisotopic (exact) mass is 293 g/mol. The number of imidazole rings is 1. The molecule has 0 radical (unpaired) electrons. The van der Waals surface area contributed by atoms with Gasteiger partial charge in [0, 0.05) is 38.1 Å². The van der Waals surface area contributed by atoms with E-state index >= 15 is 0 Å². The van der Waals surface area contributed by atoms with Crippen molar-refractivity contribution in [1.29, 1.82) is 0 Å². The number of pyridine rings is 1. The van der Waals surface area contributed by atoms with E-state index in [4.69, 9.17) is 4.98 Å². The number of hydrogen-bond donors (Lipinski definition) is 1. The Morgan fingerprint density at radius 2 is 1.82 bits per heavy atom. The Morgan fingerprint density at radius 1 is 1.00 bits per heavy atom. The summed E-state index contributed by atoms with van der Waals surface area (Å²) in [6.45, 7) is 5.07. The predicted molar refractivity (Wildman–Crippen MR) is 87.0 cm³/mol. The lowest BCUT2D eigenvalue weighted by molar-refractivity contribution is 0.227. The smallest absolute Gasteiger partial charge is 0.164 e. The number of benzene rings is 1. The molecule has 0 bridgehead atoms. The van der Waals surface area contributed by atoms with Crippen molar-refractivity contribution in [3.63, 3.8) is 0 Å². The fourth-order valence-corrected chi connectivity index (χ4v) is 2.98. The molecule has 0 unspecified atom stereocenters. The van der Waals surface area contributed by atoms with E-state index in [0.717, 1.165) is 55.4 Å². The maximum atomic E-state index is 4.82. The van der Waals surface area contributed by atoms with Crippen LogP contribution in [-0.2, 0) is 6.54 Å². The maximum absolute atomic E-state index is 4.82. The Morgan fingerprint density at radius 3 is 2.64 bits per heavy atom. The van der Waals surface area contributed by atoms with Gasteiger partial charge in [-0.15, -0.1) is 0 Å². The molecule has 5 heteroatoms. The summed E-state index contributed by atoms with van der Waals surface area (Å²) in [5, 5.41) is 3.39. The highest BCUT2D eigenvalue weighted by molar-refractivity contribution is 5.73. The number of hydrogen-bond acceptors (Lipinski definition) is 4. The topological polar surface area (TPSA) is 46.0 Å². The summed E-state index contributed by atoms with van der Waals surface area (Å²) in [6, 6.07) is 14.3. The van der Waals surface area contributed by atoms with Gasteiger partial charge in [-0.3, -0.25) is 9.47 Å². The van der Waals surface area contributed by atoms with Gasteiger partial charge < -0.3 is 5.32 Å². The molecule has 2 aromatic heterocycles. The van der Waals surface area contributed by atoms with Gasteiger partial charge in [-0.2, -0.15) is 0 Å². The molecule has 0 atom stereocenters. The summed E-state index contributed by atoms with van der Waals surface area (Å²) < 4.78 is 2.18. The summed E-state index contributed by atoms with van der Waals surface area (Å²) in [7, 11) is 0. The van der Waals surface area contributed by atoms with E-state index in [2.05, 4.69) is 44.0 Å². The lowest BCUT2D eigenvalue weighted by Gasteiger charge is -2.26. The fourth-order valence-electron chi connectivity index (χ4n) is 2.98. The minimum absolute atomic E-state index is 0.854. The van der Waals surface area contributed by atoms with E-state index in [-0.39, 0.29) is 0 Å². The van der Waals surface area contributed by atoms with Gasteiger partial charge >= 0.3 is 0 Å². The first-order chi connectivity index (χ1) is 10.9. The van der Waals surface area contributed by atoms with Crippen LogP contribution in [0.25, 0.3) is 16.9 Å². The number of nitrogens with zero attached hydrogens (tertiary/aromatic N) is 4. The molecular weight excluding hydrogens is 274 g/mol. The number of rotatable bonds is 3. The van der Waals surface area contributed by atoms with Crippen LogP contribution in [0.1, 0.15) is 5.82 Å². The van der Waals surface area contributed by atoms with Gasteiger partial charge in [0.25, 0.3) is 0 Å². The van der Waals surface area contributed by atoms with Crippen molar-refractivity contribution in [2.45, 2.75) is 6.54 Å². The fraction of sp³-hybridized carbons (Fsp3) is 0.294. The Bertz CT molecular complexity index is 759. The third kappa shape index (κ3) is 2.49. The van der Waals surface area contributed by atoms with Crippen molar-refractivity contribution in [3.8, 4) is 5.69 Å². The summed E-state index contributed by atoms with van der Waals surface area (Å²) in [5.41, 5.74) is 3.00. The van der Waals surface area contributed by atoms with Crippen molar-refractivity contribution < 1.29 is 0 Å². The number of nitrogens with one attached hydrogen (secondary N) is 1. The Kier molecular flexibility index (Phi) is 3.58. The zero-order chi connectivity index (χ0) is 14.8. The molecule has 0 saturated carbocycles. The van der Waals surface area contributed by atoms with Gasteiger partial charge in [0.2, 0.25) is 0 Å². The molecule has 0 aliphatic carbocycles. The number of fused-ring (bicyclic) bond motifs is 1. The molecule has 0 spiro atoms. The molecule has 4 rings (SSSR count).